The van der Waals surface area contributed by atoms with Crippen LogP contribution in [0.15, 0.2) is 55.1 Å². The molecule has 0 radical (unpaired) electrons. The third-order valence-corrected chi connectivity index (χ3v) is 4.44. The van der Waals surface area contributed by atoms with Crippen molar-refractivity contribution >= 4 is 5.91 Å². The second kappa shape index (κ2) is 7.53. The Labute approximate surface area is 155 Å². The lowest BCUT2D eigenvalue weighted by Crippen LogP contribution is -2.34. The van der Waals surface area contributed by atoms with Gasteiger partial charge in [0.25, 0.3) is 0 Å². The number of carbonyl (C=O) groups is 1. The fraction of sp³-hybridized carbons (Fsp3) is 0.263. The first-order valence-electron chi connectivity index (χ1n) is 8.71. The van der Waals surface area contributed by atoms with Gasteiger partial charge < -0.3 is 9.64 Å². The summed E-state index contributed by atoms with van der Waals surface area (Å²) in [5.74, 6) is 0.443. The van der Waals surface area contributed by atoms with Gasteiger partial charge in [0.05, 0.1) is 24.1 Å². The normalized spacial score (nSPS) is 16.5. The molecular weight excluding hydrogens is 349 g/mol. The predicted octanol–water partition coefficient (Wildman–Crippen LogP) is 2.97. The topological polar surface area (TPSA) is 73.1 Å². The Morgan fingerprint density at radius 1 is 1.26 bits per heavy atom. The van der Waals surface area contributed by atoms with E-state index in [1.54, 1.807) is 29.3 Å². The molecule has 3 aromatic rings. The summed E-state index contributed by atoms with van der Waals surface area (Å²) in [5, 5.41) is 4.09. The number of rotatable bonds is 5. The van der Waals surface area contributed by atoms with Crippen molar-refractivity contribution in [1.82, 2.24) is 24.6 Å². The summed E-state index contributed by atoms with van der Waals surface area (Å²) in [6.07, 6.45) is 8.29. The summed E-state index contributed by atoms with van der Waals surface area (Å²) in [4.78, 5) is 23.2. The van der Waals surface area contributed by atoms with Crippen LogP contribution in [0.1, 0.15) is 24.6 Å². The molecule has 0 unspecified atom stereocenters. The number of hydrogen-bond acceptors (Lipinski definition) is 5. The summed E-state index contributed by atoms with van der Waals surface area (Å²) in [6.45, 7) is 0.873. The van der Waals surface area contributed by atoms with Gasteiger partial charge in [-0.05, 0) is 43.2 Å². The standard InChI is InChI=1S/C19H18FN5O2/c20-14-4-6-15(7-5-14)27-18-12-21-11-16(23-18)17-3-1-10-25(17)19(26)13-24-9-2-8-22-24/h2,4-9,11-12,17H,1,3,10,13H2/t17-/m1/s1. The number of nitrogens with zero attached hydrogens (tertiary/aromatic N) is 5. The van der Waals surface area contributed by atoms with Crippen LogP contribution in [-0.2, 0) is 11.3 Å². The second-order valence-corrected chi connectivity index (χ2v) is 6.29. The van der Waals surface area contributed by atoms with Crippen molar-refractivity contribution in [2.24, 2.45) is 0 Å². The molecule has 138 valence electrons. The van der Waals surface area contributed by atoms with E-state index < -0.39 is 0 Å². The highest BCUT2D eigenvalue weighted by Gasteiger charge is 2.31. The van der Waals surface area contributed by atoms with Crippen LogP contribution in [0.4, 0.5) is 4.39 Å². The van der Waals surface area contributed by atoms with Gasteiger partial charge in [0, 0.05) is 18.9 Å². The maximum atomic E-state index is 13.0. The van der Waals surface area contributed by atoms with E-state index in [1.165, 1.54) is 30.5 Å². The third kappa shape index (κ3) is 3.94. The van der Waals surface area contributed by atoms with E-state index in [0.29, 0.717) is 23.9 Å². The van der Waals surface area contributed by atoms with Crippen molar-refractivity contribution < 1.29 is 13.9 Å². The van der Waals surface area contributed by atoms with E-state index in [4.69, 9.17) is 4.74 Å². The number of aromatic nitrogens is 4. The number of likely N-dealkylation sites (tertiary alicyclic amines) is 1. The Morgan fingerprint density at radius 2 is 2.11 bits per heavy atom. The van der Waals surface area contributed by atoms with Crippen molar-refractivity contribution in [3.05, 3.63) is 66.6 Å². The van der Waals surface area contributed by atoms with Gasteiger partial charge in [-0.25, -0.2) is 9.37 Å². The Balaban J connectivity index is 1.50. The molecule has 1 saturated heterocycles. The van der Waals surface area contributed by atoms with E-state index in [-0.39, 0.29) is 24.3 Å². The smallest absolute Gasteiger partial charge is 0.244 e. The monoisotopic (exact) mass is 367 g/mol. The Morgan fingerprint density at radius 3 is 2.89 bits per heavy atom. The van der Waals surface area contributed by atoms with Crippen molar-refractivity contribution in [2.45, 2.75) is 25.4 Å². The minimum Gasteiger partial charge on any atom is -0.437 e. The summed E-state index contributed by atoms with van der Waals surface area (Å²) < 4.78 is 20.3. The molecule has 1 fully saturated rings. The third-order valence-electron chi connectivity index (χ3n) is 4.44. The first kappa shape index (κ1) is 17.1. The van der Waals surface area contributed by atoms with Crippen LogP contribution in [0.5, 0.6) is 11.6 Å². The average molecular weight is 367 g/mol. The Bertz CT molecular complexity index is 914. The van der Waals surface area contributed by atoms with E-state index in [2.05, 4.69) is 15.1 Å². The van der Waals surface area contributed by atoms with Crippen LogP contribution in [0.3, 0.4) is 0 Å². The molecule has 3 heterocycles. The van der Waals surface area contributed by atoms with Crippen LogP contribution in [0.2, 0.25) is 0 Å². The summed E-state index contributed by atoms with van der Waals surface area (Å²) >= 11 is 0. The molecule has 1 aromatic carbocycles. The fourth-order valence-electron chi connectivity index (χ4n) is 3.19. The molecule has 1 amide bonds. The largest absolute Gasteiger partial charge is 0.437 e. The molecule has 0 N–H and O–H groups in total. The van der Waals surface area contributed by atoms with Crippen molar-refractivity contribution in [2.75, 3.05) is 6.54 Å². The first-order chi connectivity index (χ1) is 13.2. The van der Waals surface area contributed by atoms with Gasteiger partial charge in [-0.3, -0.25) is 14.5 Å². The highest BCUT2D eigenvalue weighted by atomic mass is 19.1. The van der Waals surface area contributed by atoms with Gasteiger partial charge in [-0.2, -0.15) is 5.10 Å². The molecule has 1 aliphatic rings. The van der Waals surface area contributed by atoms with Gasteiger partial charge in [0.2, 0.25) is 11.8 Å². The summed E-state index contributed by atoms with van der Waals surface area (Å²) in [7, 11) is 0. The molecule has 1 aliphatic heterocycles. The summed E-state index contributed by atoms with van der Waals surface area (Å²) in [5.41, 5.74) is 0.681. The molecule has 8 heteroatoms. The molecule has 2 aromatic heterocycles. The first-order valence-corrected chi connectivity index (χ1v) is 8.71. The Hall–Kier alpha value is -3.29. The molecule has 0 saturated carbocycles. The molecule has 0 bridgehead atoms. The van der Waals surface area contributed by atoms with Crippen molar-refractivity contribution in [3.8, 4) is 11.6 Å². The fourth-order valence-corrected chi connectivity index (χ4v) is 3.19. The molecule has 1 atom stereocenters. The van der Waals surface area contributed by atoms with Gasteiger partial charge >= 0.3 is 0 Å². The second-order valence-electron chi connectivity index (χ2n) is 6.29. The van der Waals surface area contributed by atoms with Gasteiger partial charge in [-0.1, -0.05) is 0 Å². The zero-order valence-corrected chi connectivity index (χ0v) is 14.5. The molecular formula is C19H18FN5O2. The number of amides is 1. The zero-order valence-electron chi connectivity index (χ0n) is 14.5. The lowest BCUT2D eigenvalue weighted by molar-refractivity contribution is -0.133. The Kier molecular flexibility index (Phi) is 4.78. The maximum absolute atomic E-state index is 13.0. The van der Waals surface area contributed by atoms with Crippen molar-refractivity contribution in [3.63, 3.8) is 0 Å². The van der Waals surface area contributed by atoms with Crippen molar-refractivity contribution in [1.29, 1.82) is 0 Å². The number of carbonyl (C=O) groups excluding carboxylic acids is 1. The lowest BCUT2D eigenvalue weighted by Gasteiger charge is -2.24. The van der Waals surface area contributed by atoms with Crippen LogP contribution >= 0.6 is 0 Å². The summed E-state index contributed by atoms with van der Waals surface area (Å²) in [6, 6.07) is 7.34. The number of hydrogen-bond donors (Lipinski definition) is 0. The zero-order chi connectivity index (χ0) is 18.6. The predicted molar refractivity (Wildman–Crippen MR) is 94.4 cm³/mol. The highest BCUT2D eigenvalue weighted by molar-refractivity contribution is 5.76. The minimum absolute atomic E-state index is 0.00661. The maximum Gasteiger partial charge on any atom is 0.244 e. The van der Waals surface area contributed by atoms with E-state index in [1.807, 2.05) is 4.90 Å². The van der Waals surface area contributed by atoms with Gasteiger partial charge in [-0.15, -0.1) is 0 Å². The highest BCUT2D eigenvalue weighted by Crippen LogP contribution is 2.32. The van der Waals surface area contributed by atoms with E-state index in [0.717, 1.165) is 12.8 Å². The molecule has 0 spiro atoms. The average Bonchev–Trinajstić information content (AvgIpc) is 3.35. The molecule has 4 rings (SSSR count). The quantitative estimate of drug-likeness (QED) is 0.693. The molecule has 0 aliphatic carbocycles. The number of benzene rings is 1. The van der Waals surface area contributed by atoms with E-state index in [9.17, 15) is 9.18 Å². The lowest BCUT2D eigenvalue weighted by atomic mass is 10.1. The van der Waals surface area contributed by atoms with Crippen LogP contribution in [-0.4, -0.2) is 37.1 Å². The van der Waals surface area contributed by atoms with Crippen LogP contribution < -0.4 is 4.74 Å². The number of halogens is 1. The minimum atomic E-state index is -0.334. The number of ether oxygens (including phenoxy) is 1. The molecule has 7 nitrogen and oxygen atoms in total. The van der Waals surface area contributed by atoms with Gasteiger partial charge in [0.15, 0.2) is 0 Å². The van der Waals surface area contributed by atoms with Crippen LogP contribution in [0.25, 0.3) is 0 Å². The van der Waals surface area contributed by atoms with E-state index >= 15 is 0 Å². The molecule has 27 heavy (non-hydrogen) atoms. The van der Waals surface area contributed by atoms with Crippen LogP contribution in [0, 0.1) is 5.82 Å². The van der Waals surface area contributed by atoms with Gasteiger partial charge in [0.1, 0.15) is 18.1 Å². The SMILES string of the molecule is O=C(Cn1cccn1)N1CCC[C@@H]1c1cncc(Oc2ccc(F)cc2)n1.